The molecule has 2 aromatic rings. The van der Waals surface area contributed by atoms with Crippen LogP contribution in [0.15, 0.2) is 47.9 Å². The highest BCUT2D eigenvalue weighted by atomic mass is 32.1. The van der Waals surface area contributed by atoms with Crippen LogP contribution in [-0.2, 0) is 14.3 Å². The molecule has 0 radical (unpaired) electrons. The third-order valence-electron chi connectivity index (χ3n) is 4.79. The molecule has 0 unspecified atom stereocenters. The fourth-order valence-corrected chi connectivity index (χ4v) is 4.00. The molecule has 7 heteroatoms. The number of rotatable bonds is 9. The van der Waals surface area contributed by atoms with E-state index in [9.17, 15) is 14.4 Å². The summed E-state index contributed by atoms with van der Waals surface area (Å²) in [7, 11) is 0. The summed E-state index contributed by atoms with van der Waals surface area (Å²) in [6.45, 7) is 8.09. The lowest BCUT2D eigenvalue weighted by Crippen LogP contribution is -2.35. The Bertz CT molecular complexity index is 947. The lowest BCUT2D eigenvalue weighted by molar-refractivity contribution is -0.133. The van der Waals surface area contributed by atoms with Gasteiger partial charge in [-0.25, -0.2) is 4.79 Å². The number of nitrogens with one attached hydrogen (secondary N) is 1. The predicted molar refractivity (Wildman–Crippen MR) is 118 cm³/mol. The van der Waals surface area contributed by atoms with Gasteiger partial charge in [0, 0.05) is 30.0 Å². The molecule has 1 N–H and O–H groups in total. The number of likely N-dealkylation sites (N-methyl/N-ethyl adjacent to an activating group) is 1. The van der Waals surface area contributed by atoms with Crippen molar-refractivity contribution in [3.63, 3.8) is 0 Å². The van der Waals surface area contributed by atoms with Crippen LogP contribution in [0.3, 0.4) is 0 Å². The number of benzene rings is 1. The smallest absolute Gasteiger partial charge is 0.342 e. The number of esters is 1. The Morgan fingerprint density at radius 2 is 1.93 bits per heavy atom. The van der Waals surface area contributed by atoms with Crippen LogP contribution >= 0.6 is 11.3 Å². The molecule has 158 valence electrons. The number of ether oxygens (including phenoxy) is 1. The second kappa shape index (κ2) is 9.71. The molecule has 6 nitrogen and oxygen atoms in total. The molecule has 30 heavy (non-hydrogen) atoms. The van der Waals surface area contributed by atoms with Gasteiger partial charge in [-0.3, -0.25) is 9.59 Å². The molecular weight excluding hydrogens is 400 g/mol. The Morgan fingerprint density at radius 3 is 2.53 bits per heavy atom. The van der Waals surface area contributed by atoms with Crippen LogP contribution in [0.4, 0.5) is 5.00 Å². The first-order chi connectivity index (χ1) is 14.4. The minimum absolute atomic E-state index is 0.0120. The molecule has 1 saturated carbocycles. The van der Waals surface area contributed by atoms with Gasteiger partial charge in [0.15, 0.2) is 6.61 Å². The number of nitrogens with zero attached hydrogens (tertiary/aromatic N) is 1. The Balaban J connectivity index is 1.80. The van der Waals surface area contributed by atoms with Crippen LogP contribution in [0, 0.1) is 5.92 Å². The number of thiophene rings is 1. The SMILES string of the molecule is C=C(C)CN(CC)C(=O)COC(=O)c1c(-c2ccccc2)csc1NC(=O)C1CC1. The van der Waals surface area contributed by atoms with Crippen molar-refractivity contribution in [2.45, 2.75) is 26.7 Å². The van der Waals surface area contributed by atoms with Crippen molar-refractivity contribution in [3.05, 3.63) is 53.4 Å². The van der Waals surface area contributed by atoms with Gasteiger partial charge in [0.25, 0.3) is 5.91 Å². The summed E-state index contributed by atoms with van der Waals surface area (Å²) >= 11 is 1.29. The topological polar surface area (TPSA) is 75.7 Å². The van der Waals surface area contributed by atoms with Crippen LogP contribution < -0.4 is 5.32 Å². The lowest BCUT2D eigenvalue weighted by atomic mass is 10.0. The van der Waals surface area contributed by atoms with E-state index in [1.807, 2.05) is 49.6 Å². The van der Waals surface area contributed by atoms with Crippen LogP contribution in [0.5, 0.6) is 0 Å². The monoisotopic (exact) mass is 426 g/mol. The van der Waals surface area contributed by atoms with Crippen molar-refractivity contribution in [2.75, 3.05) is 25.0 Å². The molecule has 3 rings (SSSR count). The summed E-state index contributed by atoms with van der Waals surface area (Å²) < 4.78 is 5.37. The molecule has 1 heterocycles. The number of hydrogen-bond donors (Lipinski definition) is 1. The third kappa shape index (κ3) is 5.36. The summed E-state index contributed by atoms with van der Waals surface area (Å²) in [6.07, 6.45) is 1.74. The van der Waals surface area contributed by atoms with Crippen molar-refractivity contribution in [2.24, 2.45) is 5.92 Å². The predicted octanol–water partition coefficient (Wildman–Crippen LogP) is 4.35. The fraction of sp³-hybridized carbons (Fsp3) is 0.348. The number of amides is 2. The van der Waals surface area contributed by atoms with Gasteiger partial charge in [-0.2, -0.15) is 0 Å². The summed E-state index contributed by atoms with van der Waals surface area (Å²) in [6, 6.07) is 9.43. The van der Waals surface area contributed by atoms with E-state index in [4.69, 9.17) is 4.74 Å². The second-order valence-electron chi connectivity index (χ2n) is 7.42. The van der Waals surface area contributed by atoms with E-state index < -0.39 is 5.97 Å². The molecule has 0 aliphatic heterocycles. The lowest BCUT2D eigenvalue weighted by Gasteiger charge is -2.20. The van der Waals surface area contributed by atoms with Gasteiger partial charge in [-0.1, -0.05) is 42.5 Å². The molecule has 0 saturated heterocycles. The largest absolute Gasteiger partial charge is 0.452 e. The van der Waals surface area contributed by atoms with E-state index in [0.717, 1.165) is 24.0 Å². The average molecular weight is 427 g/mol. The molecular formula is C23H26N2O4S. The normalized spacial score (nSPS) is 12.9. The number of carbonyl (C=O) groups is 3. The van der Waals surface area contributed by atoms with Crippen molar-refractivity contribution in [3.8, 4) is 11.1 Å². The zero-order valence-electron chi connectivity index (χ0n) is 17.3. The summed E-state index contributed by atoms with van der Waals surface area (Å²) in [5.74, 6) is -0.979. The van der Waals surface area contributed by atoms with E-state index in [0.29, 0.717) is 23.7 Å². The van der Waals surface area contributed by atoms with Gasteiger partial charge in [-0.05, 0) is 32.3 Å². The van der Waals surface area contributed by atoms with Crippen molar-refractivity contribution in [1.29, 1.82) is 0 Å². The van der Waals surface area contributed by atoms with Crippen LogP contribution in [0.2, 0.25) is 0 Å². The van der Waals surface area contributed by atoms with Gasteiger partial charge in [-0.15, -0.1) is 11.3 Å². The molecule has 0 spiro atoms. The molecule has 0 bridgehead atoms. The summed E-state index contributed by atoms with van der Waals surface area (Å²) in [5, 5.41) is 5.15. The van der Waals surface area contributed by atoms with E-state index in [2.05, 4.69) is 11.9 Å². The maximum atomic E-state index is 13.0. The van der Waals surface area contributed by atoms with E-state index in [1.54, 1.807) is 4.90 Å². The number of anilines is 1. The summed E-state index contributed by atoms with van der Waals surface area (Å²) in [4.78, 5) is 39.3. The highest BCUT2D eigenvalue weighted by Crippen LogP contribution is 2.38. The highest BCUT2D eigenvalue weighted by molar-refractivity contribution is 7.15. The third-order valence-corrected chi connectivity index (χ3v) is 5.68. The molecule has 1 aliphatic carbocycles. The zero-order valence-corrected chi connectivity index (χ0v) is 18.1. The van der Waals surface area contributed by atoms with Gasteiger partial charge in [0.1, 0.15) is 10.6 Å². The van der Waals surface area contributed by atoms with Crippen molar-refractivity contribution in [1.82, 2.24) is 4.90 Å². The van der Waals surface area contributed by atoms with Crippen LogP contribution in [-0.4, -0.2) is 42.4 Å². The first kappa shape index (κ1) is 21.8. The Hall–Kier alpha value is -2.93. The molecule has 1 aliphatic rings. The standard InChI is InChI=1S/C23H26N2O4S/c1-4-25(12-15(2)3)19(26)13-29-23(28)20-18(16-8-6-5-7-9-16)14-30-22(20)24-21(27)17-10-11-17/h5-9,14,17H,2,4,10-13H2,1,3H3,(H,24,27). The van der Waals surface area contributed by atoms with Crippen molar-refractivity contribution >= 4 is 34.1 Å². The van der Waals surface area contributed by atoms with Crippen molar-refractivity contribution < 1.29 is 19.1 Å². The molecule has 1 aromatic carbocycles. The minimum atomic E-state index is -0.624. The molecule has 0 atom stereocenters. The second-order valence-corrected chi connectivity index (χ2v) is 8.30. The molecule has 2 amide bonds. The molecule has 1 fully saturated rings. The maximum Gasteiger partial charge on any atom is 0.342 e. The summed E-state index contributed by atoms with van der Waals surface area (Å²) in [5.41, 5.74) is 2.66. The first-order valence-electron chi connectivity index (χ1n) is 9.97. The van der Waals surface area contributed by atoms with E-state index in [-0.39, 0.29) is 29.9 Å². The van der Waals surface area contributed by atoms with Gasteiger partial charge in [0.2, 0.25) is 5.91 Å². The quantitative estimate of drug-likeness (QED) is 0.478. The van der Waals surface area contributed by atoms with Gasteiger partial charge >= 0.3 is 5.97 Å². The Kier molecular flexibility index (Phi) is 7.05. The van der Waals surface area contributed by atoms with E-state index >= 15 is 0 Å². The Labute approximate surface area is 180 Å². The van der Waals surface area contributed by atoms with Gasteiger partial charge < -0.3 is 15.0 Å². The Morgan fingerprint density at radius 1 is 1.23 bits per heavy atom. The minimum Gasteiger partial charge on any atom is -0.452 e. The highest BCUT2D eigenvalue weighted by Gasteiger charge is 2.32. The zero-order chi connectivity index (χ0) is 21.7. The van der Waals surface area contributed by atoms with Crippen LogP contribution in [0.1, 0.15) is 37.0 Å². The number of carbonyl (C=O) groups excluding carboxylic acids is 3. The first-order valence-corrected chi connectivity index (χ1v) is 10.9. The fourth-order valence-electron chi connectivity index (χ4n) is 3.04. The van der Waals surface area contributed by atoms with Crippen LogP contribution in [0.25, 0.3) is 11.1 Å². The maximum absolute atomic E-state index is 13.0. The van der Waals surface area contributed by atoms with Gasteiger partial charge in [0.05, 0.1) is 0 Å². The average Bonchev–Trinajstić information content (AvgIpc) is 3.51. The number of hydrogen-bond acceptors (Lipinski definition) is 5. The molecule has 1 aromatic heterocycles. The van der Waals surface area contributed by atoms with E-state index in [1.165, 1.54) is 11.3 Å².